The molecule has 14 heavy (non-hydrogen) atoms. The van der Waals surface area contributed by atoms with E-state index in [1.165, 1.54) is 5.56 Å². The van der Waals surface area contributed by atoms with Gasteiger partial charge in [0.1, 0.15) is 6.29 Å². The maximum absolute atomic E-state index is 10.6. The average molecular weight is 188 g/mol. The van der Waals surface area contributed by atoms with Crippen LogP contribution in [0.1, 0.15) is 23.1 Å². The van der Waals surface area contributed by atoms with Gasteiger partial charge in [0, 0.05) is 0 Å². The summed E-state index contributed by atoms with van der Waals surface area (Å²) in [6.45, 7) is 0.0809. The Morgan fingerprint density at radius 2 is 2.21 bits per heavy atom. The summed E-state index contributed by atoms with van der Waals surface area (Å²) in [7, 11) is 0. The van der Waals surface area contributed by atoms with Gasteiger partial charge in [0.15, 0.2) is 0 Å². The topological polar surface area (TPSA) is 37.3 Å². The van der Waals surface area contributed by atoms with Crippen LogP contribution in [0.15, 0.2) is 23.8 Å². The van der Waals surface area contributed by atoms with Crippen LogP contribution in [0.25, 0.3) is 6.08 Å². The van der Waals surface area contributed by atoms with E-state index in [9.17, 15) is 4.79 Å². The molecule has 0 bridgehead atoms. The molecule has 1 aromatic rings. The molecular weight excluding hydrogens is 176 g/mol. The summed E-state index contributed by atoms with van der Waals surface area (Å²) in [6, 6.07) is 5.86. The number of carbonyl (C=O) groups is 1. The van der Waals surface area contributed by atoms with Crippen LogP contribution in [0.3, 0.4) is 0 Å². The lowest BCUT2D eigenvalue weighted by atomic mass is 9.91. The van der Waals surface area contributed by atoms with E-state index in [0.717, 1.165) is 35.8 Å². The number of hydrogen-bond acceptors (Lipinski definition) is 2. The lowest BCUT2D eigenvalue weighted by Gasteiger charge is -2.13. The minimum Gasteiger partial charge on any atom is -0.392 e. The zero-order chi connectivity index (χ0) is 9.97. The van der Waals surface area contributed by atoms with Crippen LogP contribution in [0.5, 0.6) is 0 Å². The summed E-state index contributed by atoms with van der Waals surface area (Å²) in [5.74, 6) is 0. The van der Waals surface area contributed by atoms with E-state index in [1.54, 1.807) is 0 Å². The van der Waals surface area contributed by atoms with Crippen molar-refractivity contribution in [2.75, 3.05) is 0 Å². The number of aliphatic hydroxyl groups excluding tert-OH is 1. The molecule has 0 saturated carbocycles. The van der Waals surface area contributed by atoms with Crippen molar-refractivity contribution in [1.29, 1.82) is 0 Å². The Kier molecular flexibility index (Phi) is 2.46. The number of benzene rings is 1. The number of fused-ring (bicyclic) bond motifs is 1. The maximum atomic E-state index is 10.6. The zero-order valence-corrected chi connectivity index (χ0v) is 7.86. The van der Waals surface area contributed by atoms with Crippen LogP contribution in [-0.4, -0.2) is 11.4 Å². The van der Waals surface area contributed by atoms with Crippen LogP contribution in [0.4, 0.5) is 0 Å². The van der Waals surface area contributed by atoms with E-state index < -0.39 is 0 Å². The Morgan fingerprint density at radius 1 is 1.36 bits per heavy atom. The number of aliphatic hydroxyl groups is 1. The highest BCUT2D eigenvalue weighted by Gasteiger charge is 2.09. The molecule has 0 amide bonds. The Hall–Kier alpha value is -1.41. The van der Waals surface area contributed by atoms with Crippen molar-refractivity contribution in [3.8, 4) is 0 Å². The third-order valence-corrected chi connectivity index (χ3v) is 2.57. The first kappa shape index (κ1) is 9.16. The zero-order valence-electron chi connectivity index (χ0n) is 7.86. The van der Waals surface area contributed by atoms with Crippen molar-refractivity contribution in [1.82, 2.24) is 0 Å². The molecule has 1 aromatic carbocycles. The molecule has 0 heterocycles. The van der Waals surface area contributed by atoms with E-state index in [4.69, 9.17) is 5.11 Å². The molecule has 0 spiro atoms. The van der Waals surface area contributed by atoms with Gasteiger partial charge in [0.25, 0.3) is 0 Å². The summed E-state index contributed by atoms with van der Waals surface area (Å²) in [4.78, 5) is 10.6. The molecule has 0 aromatic heterocycles. The van der Waals surface area contributed by atoms with Crippen LogP contribution in [-0.2, 0) is 17.8 Å². The number of rotatable bonds is 2. The second-order valence-electron chi connectivity index (χ2n) is 3.53. The molecule has 0 aliphatic heterocycles. The predicted molar refractivity (Wildman–Crippen MR) is 54.7 cm³/mol. The first-order chi connectivity index (χ1) is 6.83. The largest absolute Gasteiger partial charge is 0.392 e. The molecule has 0 radical (unpaired) electrons. The second-order valence-corrected chi connectivity index (χ2v) is 3.53. The molecule has 1 aliphatic carbocycles. The molecule has 0 atom stereocenters. The fourth-order valence-electron chi connectivity index (χ4n) is 1.76. The van der Waals surface area contributed by atoms with Crippen molar-refractivity contribution < 1.29 is 9.90 Å². The third kappa shape index (κ3) is 1.61. The molecule has 0 saturated heterocycles. The van der Waals surface area contributed by atoms with Gasteiger partial charge in [0.2, 0.25) is 0 Å². The molecule has 2 nitrogen and oxygen atoms in total. The van der Waals surface area contributed by atoms with Crippen molar-refractivity contribution in [3.63, 3.8) is 0 Å². The number of carbonyl (C=O) groups excluding carboxylic acids is 1. The van der Waals surface area contributed by atoms with Gasteiger partial charge in [-0.25, -0.2) is 0 Å². The number of aldehydes is 1. The summed E-state index contributed by atoms with van der Waals surface area (Å²) in [5.41, 5.74) is 4.12. The Morgan fingerprint density at radius 3 is 2.93 bits per heavy atom. The minimum atomic E-state index is 0.0809. The SMILES string of the molecule is O=CC1=Cc2ccc(CO)cc2CC1. The summed E-state index contributed by atoms with van der Waals surface area (Å²) in [5, 5.41) is 8.97. The Balaban J connectivity index is 2.41. The molecule has 1 aliphatic rings. The van der Waals surface area contributed by atoms with E-state index in [-0.39, 0.29) is 6.61 Å². The molecule has 72 valence electrons. The number of hydrogen-bond donors (Lipinski definition) is 1. The van der Waals surface area contributed by atoms with E-state index in [2.05, 4.69) is 0 Å². The first-order valence-corrected chi connectivity index (χ1v) is 4.72. The smallest absolute Gasteiger partial charge is 0.146 e. The molecule has 0 unspecified atom stereocenters. The minimum absolute atomic E-state index is 0.0809. The maximum Gasteiger partial charge on any atom is 0.146 e. The van der Waals surface area contributed by atoms with Gasteiger partial charge in [-0.05, 0) is 41.2 Å². The van der Waals surface area contributed by atoms with Crippen molar-refractivity contribution >= 4 is 12.4 Å². The fourth-order valence-corrected chi connectivity index (χ4v) is 1.76. The van der Waals surface area contributed by atoms with Crippen LogP contribution in [0.2, 0.25) is 0 Å². The average Bonchev–Trinajstić information content (AvgIpc) is 2.27. The summed E-state index contributed by atoms with van der Waals surface area (Å²) < 4.78 is 0. The molecular formula is C12H12O2. The number of allylic oxidation sites excluding steroid dienone is 1. The van der Waals surface area contributed by atoms with E-state index >= 15 is 0 Å². The van der Waals surface area contributed by atoms with Crippen molar-refractivity contribution in [3.05, 3.63) is 40.5 Å². The predicted octanol–water partition coefficient (Wildman–Crippen LogP) is 1.71. The standard InChI is InChI=1S/C12H12O2/c13-7-9-1-3-11-6-10(8-14)2-4-12(11)5-9/h1,3,5-6,8,13H,2,4,7H2. The summed E-state index contributed by atoms with van der Waals surface area (Å²) >= 11 is 0. The lowest BCUT2D eigenvalue weighted by Crippen LogP contribution is -2.01. The van der Waals surface area contributed by atoms with Crippen molar-refractivity contribution in [2.24, 2.45) is 0 Å². The Bertz CT molecular complexity index is 391. The quantitative estimate of drug-likeness (QED) is 0.717. The lowest BCUT2D eigenvalue weighted by molar-refractivity contribution is -0.105. The van der Waals surface area contributed by atoms with Gasteiger partial charge in [-0.1, -0.05) is 18.2 Å². The van der Waals surface area contributed by atoms with E-state index in [1.807, 2.05) is 24.3 Å². The van der Waals surface area contributed by atoms with Gasteiger partial charge in [-0.3, -0.25) is 4.79 Å². The Labute approximate surface area is 82.9 Å². The van der Waals surface area contributed by atoms with Crippen LogP contribution >= 0.6 is 0 Å². The van der Waals surface area contributed by atoms with Crippen LogP contribution < -0.4 is 0 Å². The van der Waals surface area contributed by atoms with Gasteiger partial charge in [-0.15, -0.1) is 0 Å². The molecule has 2 heteroatoms. The van der Waals surface area contributed by atoms with Crippen LogP contribution in [0, 0.1) is 0 Å². The third-order valence-electron chi connectivity index (χ3n) is 2.57. The van der Waals surface area contributed by atoms with E-state index in [0.29, 0.717) is 0 Å². The van der Waals surface area contributed by atoms with Gasteiger partial charge in [-0.2, -0.15) is 0 Å². The fraction of sp³-hybridized carbons (Fsp3) is 0.250. The van der Waals surface area contributed by atoms with Crippen molar-refractivity contribution in [2.45, 2.75) is 19.4 Å². The summed E-state index contributed by atoms with van der Waals surface area (Å²) in [6.07, 6.45) is 4.55. The monoisotopic (exact) mass is 188 g/mol. The van der Waals surface area contributed by atoms with Gasteiger partial charge in [0.05, 0.1) is 6.61 Å². The highest BCUT2D eigenvalue weighted by molar-refractivity contribution is 5.83. The van der Waals surface area contributed by atoms with Gasteiger partial charge >= 0.3 is 0 Å². The molecule has 2 rings (SSSR count). The second kappa shape index (κ2) is 3.76. The number of aryl methyl sites for hydroxylation is 1. The highest BCUT2D eigenvalue weighted by Crippen LogP contribution is 2.23. The first-order valence-electron chi connectivity index (χ1n) is 4.72. The normalized spacial score (nSPS) is 14.5. The molecule has 0 fully saturated rings. The molecule has 1 N–H and O–H groups in total. The highest BCUT2D eigenvalue weighted by atomic mass is 16.3. The van der Waals surface area contributed by atoms with Gasteiger partial charge < -0.3 is 5.11 Å².